The summed E-state index contributed by atoms with van der Waals surface area (Å²) < 4.78 is 24.9. The molecule has 1 rings (SSSR count). The predicted octanol–water partition coefficient (Wildman–Crippen LogP) is 3.54. The molecule has 24 heavy (non-hydrogen) atoms. The number of amides is 1. The zero-order valence-corrected chi connectivity index (χ0v) is 16.6. The molecule has 0 aliphatic rings. The zero-order valence-electron chi connectivity index (χ0n) is 15.8. The molecule has 0 aliphatic heterocycles. The topological polar surface area (TPSA) is 66.5 Å². The van der Waals surface area contributed by atoms with Gasteiger partial charge >= 0.3 is 0 Å². The molecular formula is C18H30N2O3S. The van der Waals surface area contributed by atoms with Crippen molar-refractivity contribution in [2.24, 2.45) is 0 Å². The van der Waals surface area contributed by atoms with Gasteiger partial charge in [0.1, 0.15) is 0 Å². The molecule has 0 spiro atoms. The van der Waals surface area contributed by atoms with Crippen LogP contribution in [0.25, 0.3) is 0 Å². The molecule has 6 heteroatoms. The van der Waals surface area contributed by atoms with Gasteiger partial charge in [-0.15, -0.1) is 0 Å². The van der Waals surface area contributed by atoms with Gasteiger partial charge in [0, 0.05) is 11.7 Å². The number of hydrogen-bond donors (Lipinski definition) is 1. The highest BCUT2D eigenvalue weighted by Gasteiger charge is 2.24. The number of nitrogens with zero attached hydrogens (tertiary/aromatic N) is 1. The van der Waals surface area contributed by atoms with E-state index in [1.165, 1.54) is 4.31 Å². The van der Waals surface area contributed by atoms with Crippen molar-refractivity contribution in [2.45, 2.75) is 59.4 Å². The maximum Gasteiger partial charge on any atom is 0.239 e. The standard InChI is InChI=1S/C18H30N2O3S/c1-12(2)15-9-8-10-16(13(3)4)18(15)19-17(21)11-20(14(5)6)24(7,22)23/h8-10,12-14H,11H2,1-7H3,(H,19,21). The third kappa shape index (κ3) is 5.31. The van der Waals surface area contributed by atoms with E-state index in [4.69, 9.17) is 0 Å². The minimum Gasteiger partial charge on any atom is -0.324 e. The first-order valence-electron chi connectivity index (χ1n) is 8.34. The summed E-state index contributed by atoms with van der Waals surface area (Å²) in [6.45, 7) is 11.6. The Hall–Kier alpha value is -1.40. The van der Waals surface area contributed by atoms with Crippen LogP contribution in [0.2, 0.25) is 0 Å². The van der Waals surface area contributed by atoms with Crippen molar-refractivity contribution >= 4 is 21.6 Å². The van der Waals surface area contributed by atoms with Crippen molar-refractivity contribution in [3.63, 3.8) is 0 Å². The van der Waals surface area contributed by atoms with Crippen LogP contribution in [0.15, 0.2) is 18.2 Å². The molecule has 1 amide bonds. The molecule has 0 fully saturated rings. The molecule has 0 saturated heterocycles. The SMILES string of the molecule is CC(C)c1cccc(C(C)C)c1NC(=O)CN(C(C)C)S(C)(=O)=O. The van der Waals surface area contributed by atoms with Crippen LogP contribution in [0.4, 0.5) is 5.69 Å². The second kappa shape index (κ2) is 8.12. The van der Waals surface area contributed by atoms with Crippen LogP contribution in [0.1, 0.15) is 64.5 Å². The summed E-state index contributed by atoms with van der Waals surface area (Å²) in [5.41, 5.74) is 2.93. The van der Waals surface area contributed by atoms with Crippen molar-refractivity contribution in [1.29, 1.82) is 0 Å². The van der Waals surface area contributed by atoms with E-state index in [1.54, 1.807) is 13.8 Å². The number of benzene rings is 1. The Bertz CT molecular complexity index is 653. The Morgan fingerprint density at radius 1 is 1.04 bits per heavy atom. The van der Waals surface area contributed by atoms with Crippen molar-refractivity contribution in [1.82, 2.24) is 4.31 Å². The van der Waals surface area contributed by atoms with Gasteiger partial charge in [0.25, 0.3) is 0 Å². The monoisotopic (exact) mass is 354 g/mol. The van der Waals surface area contributed by atoms with E-state index in [0.717, 1.165) is 23.1 Å². The van der Waals surface area contributed by atoms with Crippen LogP contribution >= 0.6 is 0 Å². The van der Waals surface area contributed by atoms with Crippen molar-refractivity contribution in [2.75, 3.05) is 18.1 Å². The third-order valence-electron chi connectivity index (χ3n) is 3.94. The molecule has 0 atom stereocenters. The lowest BCUT2D eigenvalue weighted by Crippen LogP contribution is -2.41. The van der Waals surface area contributed by atoms with Crippen LogP contribution in [-0.4, -0.2) is 37.5 Å². The quantitative estimate of drug-likeness (QED) is 0.814. The average Bonchev–Trinajstić information content (AvgIpc) is 2.42. The lowest BCUT2D eigenvalue weighted by atomic mass is 9.92. The molecule has 0 aromatic heterocycles. The molecule has 1 N–H and O–H groups in total. The molecule has 0 unspecified atom stereocenters. The van der Waals surface area contributed by atoms with Gasteiger partial charge in [-0.1, -0.05) is 45.9 Å². The minimum atomic E-state index is -3.43. The van der Waals surface area contributed by atoms with Crippen molar-refractivity contribution < 1.29 is 13.2 Å². The summed E-state index contributed by atoms with van der Waals surface area (Å²) in [7, 11) is -3.43. The molecule has 136 valence electrons. The second-order valence-corrected chi connectivity index (χ2v) is 9.01. The number of nitrogens with one attached hydrogen (secondary N) is 1. The Morgan fingerprint density at radius 2 is 1.50 bits per heavy atom. The van der Waals surface area contributed by atoms with Crippen LogP contribution in [-0.2, 0) is 14.8 Å². The molecule has 0 radical (unpaired) electrons. The number of rotatable bonds is 7. The van der Waals surface area contributed by atoms with Gasteiger partial charge in [0.05, 0.1) is 12.8 Å². The molecule has 5 nitrogen and oxygen atoms in total. The second-order valence-electron chi connectivity index (χ2n) is 7.07. The van der Waals surface area contributed by atoms with Gasteiger partial charge in [-0.3, -0.25) is 4.79 Å². The van der Waals surface area contributed by atoms with Crippen molar-refractivity contribution in [3.05, 3.63) is 29.3 Å². The predicted molar refractivity (Wildman–Crippen MR) is 99.9 cm³/mol. The number of hydrogen-bond acceptors (Lipinski definition) is 3. The van der Waals surface area contributed by atoms with E-state index >= 15 is 0 Å². The average molecular weight is 355 g/mol. The fourth-order valence-corrected chi connectivity index (χ4v) is 3.82. The van der Waals surface area contributed by atoms with Crippen LogP contribution in [0.5, 0.6) is 0 Å². The van der Waals surface area contributed by atoms with E-state index in [0.29, 0.717) is 0 Å². The van der Waals surface area contributed by atoms with Gasteiger partial charge in [-0.25, -0.2) is 8.42 Å². The number of carbonyl (C=O) groups excluding carboxylic acids is 1. The Kier molecular flexibility index (Phi) is 6.98. The van der Waals surface area contributed by atoms with E-state index in [9.17, 15) is 13.2 Å². The van der Waals surface area contributed by atoms with Crippen LogP contribution in [0.3, 0.4) is 0 Å². The molecule has 0 bridgehead atoms. The number of anilines is 1. The maximum absolute atomic E-state index is 12.5. The highest BCUT2D eigenvalue weighted by atomic mass is 32.2. The first-order valence-corrected chi connectivity index (χ1v) is 10.2. The molecular weight excluding hydrogens is 324 g/mol. The fourth-order valence-electron chi connectivity index (χ4n) is 2.70. The largest absolute Gasteiger partial charge is 0.324 e. The van der Waals surface area contributed by atoms with Gasteiger partial charge < -0.3 is 5.32 Å². The van der Waals surface area contributed by atoms with Gasteiger partial charge in [0.2, 0.25) is 15.9 Å². The van der Waals surface area contributed by atoms with Crippen LogP contribution in [0, 0.1) is 0 Å². The number of para-hydroxylation sites is 1. The highest BCUT2D eigenvalue weighted by Crippen LogP contribution is 2.32. The normalized spacial score (nSPS) is 12.5. The third-order valence-corrected chi connectivity index (χ3v) is 5.34. The summed E-state index contributed by atoms with van der Waals surface area (Å²) in [6, 6.07) is 5.74. The smallest absolute Gasteiger partial charge is 0.239 e. The highest BCUT2D eigenvalue weighted by molar-refractivity contribution is 7.88. The Balaban J connectivity index is 3.14. The van der Waals surface area contributed by atoms with E-state index in [1.807, 2.05) is 18.2 Å². The van der Waals surface area contributed by atoms with E-state index in [-0.39, 0.29) is 30.3 Å². The maximum atomic E-state index is 12.5. The molecule has 0 saturated carbocycles. The van der Waals surface area contributed by atoms with E-state index in [2.05, 4.69) is 33.0 Å². The van der Waals surface area contributed by atoms with Gasteiger partial charge in [0.15, 0.2) is 0 Å². The first-order chi connectivity index (χ1) is 10.9. The summed E-state index contributed by atoms with van der Waals surface area (Å²) in [5.74, 6) is 0.203. The lowest BCUT2D eigenvalue weighted by molar-refractivity contribution is -0.116. The van der Waals surface area contributed by atoms with Gasteiger partial charge in [-0.05, 0) is 36.8 Å². The number of carbonyl (C=O) groups is 1. The Morgan fingerprint density at radius 3 is 1.83 bits per heavy atom. The lowest BCUT2D eigenvalue weighted by Gasteiger charge is -2.25. The zero-order chi connectivity index (χ0) is 18.7. The van der Waals surface area contributed by atoms with Gasteiger partial charge in [-0.2, -0.15) is 4.31 Å². The van der Waals surface area contributed by atoms with Crippen molar-refractivity contribution in [3.8, 4) is 0 Å². The Labute approximate surface area is 146 Å². The summed E-state index contributed by atoms with van der Waals surface area (Å²) in [4.78, 5) is 12.5. The molecule has 0 heterocycles. The fraction of sp³-hybridized carbons (Fsp3) is 0.611. The molecule has 1 aromatic rings. The number of sulfonamides is 1. The molecule has 0 aliphatic carbocycles. The molecule has 1 aromatic carbocycles. The summed E-state index contributed by atoms with van der Waals surface area (Å²) in [5, 5.41) is 2.95. The minimum absolute atomic E-state index is 0.180. The van der Waals surface area contributed by atoms with Crippen LogP contribution < -0.4 is 5.32 Å². The first kappa shape index (κ1) is 20.6. The summed E-state index contributed by atoms with van der Waals surface area (Å²) in [6.07, 6.45) is 1.13. The van der Waals surface area contributed by atoms with E-state index < -0.39 is 10.0 Å². The summed E-state index contributed by atoms with van der Waals surface area (Å²) >= 11 is 0.